The SMILES string of the molecule is CN(C(=O)CCN1CCCC1)C1CCCC1CN. The van der Waals surface area contributed by atoms with Gasteiger partial charge in [-0.3, -0.25) is 4.79 Å². The maximum Gasteiger partial charge on any atom is 0.223 e. The molecule has 4 heteroatoms. The molecule has 1 aliphatic carbocycles. The molecule has 0 aromatic heterocycles. The number of likely N-dealkylation sites (tertiary alicyclic amines) is 1. The van der Waals surface area contributed by atoms with Crippen LogP contribution < -0.4 is 5.73 Å². The molecule has 1 saturated carbocycles. The number of nitrogens with two attached hydrogens (primary N) is 1. The predicted octanol–water partition coefficient (Wildman–Crippen LogP) is 1.06. The van der Waals surface area contributed by atoms with Gasteiger partial charge in [0, 0.05) is 26.1 Å². The molecule has 18 heavy (non-hydrogen) atoms. The van der Waals surface area contributed by atoms with Crippen LogP contribution in [0.25, 0.3) is 0 Å². The quantitative estimate of drug-likeness (QED) is 0.797. The minimum absolute atomic E-state index is 0.298. The second-order valence-corrected chi connectivity index (χ2v) is 5.80. The summed E-state index contributed by atoms with van der Waals surface area (Å²) in [6.45, 7) is 4.00. The fourth-order valence-electron chi connectivity index (χ4n) is 3.42. The van der Waals surface area contributed by atoms with Crippen LogP contribution in [0.2, 0.25) is 0 Å². The van der Waals surface area contributed by atoms with E-state index >= 15 is 0 Å². The highest BCUT2D eigenvalue weighted by Crippen LogP contribution is 2.28. The van der Waals surface area contributed by atoms with Crippen molar-refractivity contribution in [2.45, 2.75) is 44.6 Å². The number of rotatable bonds is 5. The summed E-state index contributed by atoms with van der Waals surface area (Å²) >= 11 is 0. The van der Waals surface area contributed by atoms with Crippen LogP contribution in [-0.2, 0) is 4.79 Å². The van der Waals surface area contributed by atoms with E-state index in [0.29, 0.717) is 30.8 Å². The number of hydrogen-bond acceptors (Lipinski definition) is 3. The highest BCUT2D eigenvalue weighted by molar-refractivity contribution is 5.76. The van der Waals surface area contributed by atoms with Gasteiger partial charge in [0.2, 0.25) is 5.91 Å². The fourth-order valence-corrected chi connectivity index (χ4v) is 3.42. The Balaban J connectivity index is 1.76. The van der Waals surface area contributed by atoms with Gasteiger partial charge in [-0.15, -0.1) is 0 Å². The van der Waals surface area contributed by atoms with E-state index in [9.17, 15) is 4.79 Å². The van der Waals surface area contributed by atoms with Gasteiger partial charge in [0.05, 0.1) is 0 Å². The second-order valence-electron chi connectivity index (χ2n) is 5.80. The molecule has 4 nitrogen and oxygen atoms in total. The maximum atomic E-state index is 12.2. The molecule has 1 amide bonds. The number of nitrogens with zero attached hydrogens (tertiary/aromatic N) is 2. The fraction of sp³-hybridized carbons (Fsp3) is 0.929. The Morgan fingerprint density at radius 1 is 1.28 bits per heavy atom. The summed E-state index contributed by atoms with van der Waals surface area (Å²) in [4.78, 5) is 16.6. The third kappa shape index (κ3) is 3.23. The van der Waals surface area contributed by atoms with Crippen molar-refractivity contribution in [3.63, 3.8) is 0 Å². The largest absolute Gasteiger partial charge is 0.342 e. The zero-order valence-electron chi connectivity index (χ0n) is 11.6. The highest BCUT2D eigenvalue weighted by Gasteiger charge is 2.31. The van der Waals surface area contributed by atoms with Crippen molar-refractivity contribution in [1.82, 2.24) is 9.80 Å². The van der Waals surface area contributed by atoms with Crippen molar-refractivity contribution in [3.8, 4) is 0 Å². The smallest absolute Gasteiger partial charge is 0.223 e. The van der Waals surface area contributed by atoms with Gasteiger partial charge in [-0.2, -0.15) is 0 Å². The zero-order chi connectivity index (χ0) is 13.0. The van der Waals surface area contributed by atoms with Gasteiger partial charge in [0.15, 0.2) is 0 Å². The van der Waals surface area contributed by atoms with E-state index in [1.165, 1.54) is 38.8 Å². The van der Waals surface area contributed by atoms with Crippen molar-refractivity contribution >= 4 is 5.91 Å². The molecule has 1 heterocycles. The first-order valence-electron chi connectivity index (χ1n) is 7.40. The van der Waals surface area contributed by atoms with Crippen LogP contribution in [0.15, 0.2) is 0 Å². The number of carbonyl (C=O) groups is 1. The molecule has 2 aliphatic rings. The van der Waals surface area contributed by atoms with Gasteiger partial charge in [-0.05, 0) is 51.2 Å². The summed E-state index contributed by atoms with van der Waals surface area (Å²) in [5.41, 5.74) is 5.79. The van der Waals surface area contributed by atoms with Gasteiger partial charge in [0.1, 0.15) is 0 Å². The third-order valence-electron chi connectivity index (χ3n) is 4.65. The first kappa shape index (κ1) is 13.8. The highest BCUT2D eigenvalue weighted by atomic mass is 16.2. The Labute approximate surface area is 110 Å². The van der Waals surface area contributed by atoms with E-state index in [1.807, 2.05) is 11.9 Å². The average Bonchev–Trinajstić information content (AvgIpc) is 3.05. The van der Waals surface area contributed by atoms with Gasteiger partial charge >= 0.3 is 0 Å². The van der Waals surface area contributed by atoms with Crippen LogP contribution in [0.5, 0.6) is 0 Å². The van der Waals surface area contributed by atoms with E-state index in [4.69, 9.17) is 5.73 Å². The Bertz CT molecular complexity index is 276. The van der Waals surface area contributed by atoms with E-state index in [-0.39, 0.29) is 0 Å². The molecule has 2 unspecified atom stereocenters. The molecule has 0 spiro atoms. The Hall–Kier alpha value is -0.610. The summed E-state index contributed by atoms with van der Waals surface area (Å²) in [7, 11) is 1.96. The molecule has 2 atom stereocenters. The molecule has 1 saturated heterocycles. The van der Waals surface area contributed by atoms with Crippen molar-refractivity contribution in [2.75, 3.05) is 33.2 Å². The summed E-state index contributed by atoms with van der Waals surface area (Å²) in [6, 6.07) is 0.390. The minimum atomic E-state index is 0.298. The predicted molar refractivity (Wildman–Crippen MR) is 73.2 cm³/mol. The molecule has 0 aromatic carbocycles. The lowest BCUT2D eigenvalue weighted by molar-refractivity contribution is -0.132. The molecule has 104 valence electrons. The number of hydrogen-bond donors (Lipinski definition) is 1. The summed E-state index contributed by atoms with van der Waals surface area (Å²) in [5.74, 6) is 0.818. The van der Waals surface area contributed by atoms with Gasteiger partial charge in [0.25, 0.3) is 0 Å². The molecule has 0 aromatic rings. The molecular weight excluding hydrogens is 226 g/mol. The van der Waals surface area contributed by atoms with Crippen LogP contribution in [0.3, 0.4) is 0 Å². The topological polar surface area (TPSA) is 49.6 Å². The zero-order valence-corrected chi connectivity index (χ0v) is 11.6. The molecule has 2 fully saturated rings. The summed E-state index contributed by atoms with van der Waals surface area (Å²) < 4.78 is 0. The summed E-state index contributed by atoms with van der Waals surface area (Å²) in [5, 5.41) is 0. The summed E-state index contributed by atoms with van der Waals surface area (Å²) in [6.07, 6.45) is 6.79. The third-order valence-corrected chi connectivity index (χ3v) is 4.65. The van der Waals surface area contributed by atoms with E-state index in [0.717, 1.165) is 13.0 Å². The molecule has 1 aliphatic heterocycles. The Morgan fingerprint density at radius 2 is 2.00 bits per heavy atom. The van der Waals surface area contributed by atoms with Crippen LogP contribution >= 0.6 is 0 Å². The lowest BCUT2D eigenvalue weighted by atomic mass is 10.0. The lowest BCUT2D eigenvalue weighted by Gasteiger charge is -2.29. The molecule has 2 N–H and O–H groups in total. The second kappa shape index (κ2) is 6.53. The van der Waals surface area contributed by atoms with E-state index in [2.05, 4.69) is 4.90 Å². The van der Waals surface area contributed by atoms with Gasteiger partial charge in [-0.25, -0.2) is 0 Å². The maximum absolute atomic E-state index is 12.2. The minimum Gasteiger partial charge on any atom is -0.342 e. The van der Waals surface area contributed by atoms with Crippen molar-refractivity contribution in [2.24, 2.45) is 11.7 Å². The van der Waals surface area contributed by atoms with Crippen LogP contribution in [0.4, 0.5) is 0 Å². The van der Waals surface area contributed by atoms with Crippen molar-refractivity contribution in [1.29, 1.82) is 0 Å². The van der Waals surface area contributed by atoms with Gasteiger partial charge < -0.3 is 15.5 Å². The average molecular weight is 253 g/mol. The standard InChI is InChI=1S/C14H27N3O/c1-16(13-6-4-5-12(13)11-15)14(18)7-10-17-8-2-3-9-17/h12-13H,2-11,15H2,1H3. The van der Waals surface area contributed by atoms with E-state index in [1.54, 1.807) is 0 Å². The van der Waals surface area contributed by atoms with Crippen LogP contribution in [0, 0.1) is 5.92 Å². The van der Waals surface area contributed by atoms with Crippen LogP contribution in [0.1, 0.15) is 38.5 Å². The molecule has 0 radical (unpaired) electrons. The first-order chi connectivity index (χ1) is 8.72. The van der Waals surface area contributed by atoms with Gasteiger partial charge in [-0.1, -0.05) is 6.42 Å². The first-order valence-corrected chi connectivity index (χ1v) is 7.40. The van der Waals surface area contributed by atoms with Crippen molar-refractivity contribution in [3.05, 3.63) is 0 Å². The molecule has 2 rings (SSSR count). The molecule has 0 bridgehead atoms. The Morgan fingerprint density at radius 3 is 2.67 bits per heavy atom. The van der Waals surface area contributed by atoms with E-state index < -0.39 is 0 Å². The normalized spacial score (nSPS) is 28.8. The Kier molecular flexibility index (Phi) is 5.01. The monoisotopic (exact) mass is 253 g/mol. The lowest BCUT2D eigenvalue weighted by Crippen LogP contribution is -2.42. The van der Waals surface area contributed by atoms with Crippen LogP contribution in [-0.4, -0.2) is 55.0 Å². The number of carbonyl (C=O) groups excluding carboxylic acids is 1. The van der Waals surface area contributed by atoms with Crippen molar-refractivity contribution < 1.29 is 4.79 Å². The number of amides is 1. The molecular formula is C14H27N3O.